The summed E-state index contributed by atoms with van der Waals surface area (Å²) in [6.07, 6.45) is 0.408. The summed E-state index contributed by atoms with van der Waals surface area (Å²) < 4.78 is 0. The van der Waals surface area contributed by atoms with Crippen molar-refractivity contribution in [2.45, 2.75) is 19.4 Å². The van der Waals surface area contributed by atoms with Crippen molar-refractivity contribution in [1.82, 2.24) is 4.90 Å². The van der Waals surface area contributed by atoms with Gasteiger partial charge >= 0.3 is 5.97 Å². The van der Waals surface area contributed by atoms with E-state index in [1.807, 2.05) is 37.3 Å². The molecule has 1 saturated heterocycles. The third-order valence-electron chi connectivity index (χ3n) is 3.29. The molecule has 1 aliphatic rings. The van der Waals surface area contributed by atoms with Crippen LogP contribution in [0, 0.1) is 5.92 Å². The summed E-state index contributed by atoms with van der Waals surface area (Å²) in [6, 6.07) is 9.59. The predicted octanol–water partition coefficient (Wildman–Crippen LogP) is 1.68. The van der Waals surface area contributed by atoms with Gasteiger partial charge < -0.3 is 10.0 Å². The lowest BCUT2D eigenvalue weighted by Gasteiger charge is -2.24. The van der Waals surface area contributed by atoms with E-state index < -0.39 is 11.9 Å². The van der Waals surface area contributed by atoms with E-state index in [9.17, 15) is 9.59 Å². The van der Waals surface area contributed by atoms with Crippen LogP contribution in [0.5, 0.6) is 0 Å². The SMILES string of the molecule is CC(c1ccccc1)N1CCC(C(=O)O)C1=O. The highest BCUT2D eigenvalue weighted by atomic mass is 16.4. The summed E-state index contributed by atoms with van der Waals surface area (Å²) in [5, 5.41) is 8.91. The molecular weight excluding hydrogens is 218 g/mol. The first-order chi connectivity index (χ1) is 8.11. The molecule has 2 atom stereocenters. The standard InChI is InChI=1S/C13H15NO3/c1-9(10-5-3-2-4-6-10)14-8-7-11(12(14)15)13(16)17/h2-6,9,11H,7-8H2,1H3,(H,16,17). The maximum atomic E-state index is 11.9. The molecule has 2 unspecified atom stereocenters. The number of rotatable bonds is 3. The number of carboxylic acids is 1. The number of hydrogen-bond acceptors (Lipinski definition) is 2. The van der Waals surface area contributed by atoms with Crippen molar-refractivity contribution < 1.29 is 14.7 Å². The number of likely N-dealkylation sites (tertiary alicyclic amines) is 1. The Hall–Kier alpha value is -1.84. The molecule has 1 heterocycles. The number of aliphatic carboxylic acids is 1. The van der Waals surface area contributed by atoms with Gasteiger partial charge in [0, 0.05) is 6.54 Å². The van der Waals surface area contributed by atoms with Gasteiger partial charge in [-0.15, -0.1) is 0 Å². The summed E-state index contributed by atoms with van der Waals surface area (Å²) >= 11 is 0. The van der Waals surface area contributed by atoms with Crippen molar-refractivity contribution in [2.24, 2.45) is 5.92 Å². The quantitative estimate of drug-likeness (QED) is 0.808. The van der Waals surface area contributed by atoms with Gasteiger partial charge in [0.15, 0.2) is 0 Å². The highest BCUT2D eigenvalue weighted by Crippen LogP contribution is 2.28. The van der Waals surface area contributed by atoms with Crippen LogP contribution in [-0.4, -0.2) is 28.4 Å². The second-order valence-corrected chi connectivity index (χ2v) is 4.30. The number of carbonyl (C=O) groups excluding carboxylic acids is 1. The molecule has 1 aromatic carbocycles. The second-order valence-electron chi connectivity index (χ2n) is 4.30. The first-order valence-corrected chi connectivity index (χ1v) is 5.69. The van der Waals surface area contributed by atoms with Gasteiger partial charge in [-0.05, 0) is 18.9 Å². The Morgan fingerprint density at radius 2 is 2.06 bits per heavy atom. The molecule has 1 aromatic rings. The van der Waals surface area contributed by atoms with Gasteiger partial charge in [-0.3, -0.25) is 9.59 Å². The van der Waals surface area contributed by atoms with Crippen molar-refractivity contribution in [1.29, 1.82) is 0 Å². The zero-order valence-electron chi connectivity index (χ0n) is 9.67. The first kappa shape index (κ1) is 11.6. The maximum absolute atomic E-state index is 11.9. The lowest BCUT2D eigenvalue weighted by Crippen LogP contribution is -2.32. The summed E-state index contributed by atoms with van der Waals surface area (Å²) in [4.78, 5) is 24.4. The second kappa shape index (κ2) is 4.57. The van der Waals surface area contributed by atoms with Crippen LogP contribution < -0.4 is 0 Å². The van der Waals surface area contributed by atoms with Gasteiger partial charge in [-0.1, -0.05) is 30.3 Å². The largest absolute Gasteiger partial charge is 0.481 e. The zero-order valence-corrected chi connectivity index (χ0v) is 9.67. The van der Waals surface area contributed by atoms with E-state index in [-0.39, 0.29) is 11.9 Å². The molecular formula is C13H15NO3. The molecule has 1 N–H and O–H groups in total. The maximum Gasteiger partial charge on any atom is 0.316 e. The normalized spacial score (nSPS) is 21.6. The molecule has 0 saturated carbocycles. The number of carboxylic acid groups (broad SMARTS) is 1. The molecule has 0 aliphatic carbocycles. The van der Waals surface area contributed by atoms with E-state index in [1.165, 1.54) is 0 Å². The van der Waals surface area contributed by atoms with E-state index >= 15 is 0 Å². The summed E-state index contributed by atoms with van der Waals surface area (Å²) in [5.41, 5.74) is 1.03. The Balaban J connectivity index is 2.15. The van der Waals surface area contributed by atoms with Crippen molar-refractivity contribution in [3.63, 3.8) is 0 Å². The molecule has 17 heavy (non-hydrogen) atoms. The van der Waals surface area contributed by atoms with Gasteiger partial charge in [0.25, 0.3) is 0 Å². The van der Waals surface area contributed by atoms with Crippen LogP contribution in [0.1, 0.15) is 24.9 Å². The van der Waals surface area contributed by atoms with E-state index in [0.717, 1.165) is 5.56 Å². The molecule has 4 heteroatoms. The van der Waals surface area contributed by atoms with E-state index in [4.69, 9.17) is 5.11 Å². The molecule has 4 nitrogen and oxygen atoms in total. The third kappa shape index (κ3) is 2.16. The fourth-order valence-electron chi connectivity index (χ4n) is 2.23. The molecule has 0 bridgehead atoms. The minimum atomic E-state index is -1.02. The fourth-order valence-corrected chi connectivity index (χ4v) is 2.23. The van der Waals surface area contributed by atoms with Crippen LogP contribution in [0.3, 0.4) is 0 Å². The molecule has 0 spiro atoms. The molecule has 0 aromatic heterocycles. The van der Waals surface area contributed by atoms with Crippen molar-refractivity contribution >= 4 is 11.9 Å². The van der Waals surface area contributed by atoms with Crippen LogP contribution >= 0.6 is 0 Å². The van der Waals surface area contributed by atoms with E-state index in [0.29, 0.717) is 13.0 Å². The summed E-state index contributed by atoms with van der Waals surface area (Å²) in [7, 11) is 0. The molecule has 2 rings (SSSR count). The Bertz CT molecular complexity index is 430. The van der Waals surface area contributed by atoms with E-state index in [2.05, 4.69) is 0 Å². The lowest BCUT2D eigenvalue weighted by molar-refractivity contribution is -0.148. The van der Waals surface area contributed by atoms with Gasteiger partial charge in [-0.25, -0.2) is 0 Å². The lowest BCUT2D eigenvalue weighted by atomic mass is 10.1. The van der Waals surface area contributed by atoms with Crippen LogP contribution in [-0.2, 0) is 9.59 Å². The minimum absolute atomic E-state index is 0.0620. The Labute approximate surface area is 99.9 Å². The number of benzene rings is 1. The van der Waals surface area contributed by atoms with Crippen LogP contribution in [0.4, 0.5) is 0 Å². The van der Waals surface area contributed by atoms with Gasteiger partial charge in [-0.2, -0.15) is 0 Å². The number of nitrogens with zero attached hydrogens (tertiary/aromatic N) is 1. The molecule has 0 radical (unpaired) electrons. The van der Waals surface area contributed by atoms with E-state index in [1.54, 1.807) is 4.90 Å². The Kier molecular flexibility index (Phi) is 3.13. The Morgan fingerprint density at radius 1 is 1.41 bits per heavy atom. The monoisotopic (exact) mass is 233 g/mol. The van der Waals surface area contributed by atoms with Gasteiger partial charge in [0.1, 0.15) is 5.92 Å². The van der Waals surface area contributed by atoms with Crippen LogP contribution in [0.15, 0.2) is 30.3 Å². The fraction of sp³-hybridized carbons (Fsp3) is 0.385. The highest BCUT2D eigenvalue weighted by molar-refractivity contribution is 5.98. The predicted molar refractivity (Wildman–Crippen MR) is 62.3 cm³/mol. The Morgan fingerprint density at radius 3 is 2.59 bits per heavy atom. The summed E-state index contributed by atoms with van der Waals surface area (Å²) in [5.74, 6) is -2.15. The topological polar surface area (TPSA) is 57.6 Å². The smallest absolute Gasteiger partial charge is 0.316 e. The van der Waals surface area contributed by atoms with Crippen LogP contribution in [0.2, 0.25) is 0 Å². The third-order valence-corrected chi connectivity index (χ3v) is 3.29. The highest BCUT2D eigenvalue weighted by Gasteiger charge is 2.39. The van der Waals surface area contributed by atoms with Gasteiger partial charge in [0.2, 0.25) is 5.91 Å². The summed E-state index contributed by atoms with van der Waals surface area (Å²) in [6.45, 7) is 2.45. The van der Waals surface area contributed by atoms with Crippen molar-refractivity contribution in [2.75, 3.05) is 6.54 Å². The van der Waals surface area contributed by atoms with Crippen molar-refractivity contribution in [3.8, 4) is 0 Å². The minimum Gasteiger partial charge on any atom is -0.481 e. The van der Waals surface area contributed by atoms with Crippen molar-refractivity contribution in [3.05, 3.63) is 35.9 Å². The van der Waals surface area contributed by atoms with Crippen LogP contribution in [0.25, 0.3) is 0 Å². The molecule has 1 aliphatic heterocycles. The molecule has 90 valence electrons. The number of hydrogen-bond donors (Lipinski definition) is 1. The first-order valence-electron chi connectivity index (χ1n) is 5.69. The molecule has 1 fully saturated rings. The number of carbonyl (C=O) groups is 2. The molecule has 1 amide bonds. The average molecular weight is 233 g/mol. The average Bonchev–Trinajstić information content (AvgIpc) is 2.71. The number of amides is 1. The zero-order chi connectivity index (χ0) is 12.4. The van der Waals surface area contributed by atoms with Gasteiger partial charge in [0.05, 0.1) is 6.04 Å².